The Morgan fingerprint density at radius 3 is 2.25 bits per heavy atom. The third kappa shape index (κ3) is 4.75. The van der Waals surface area contributed by atoms with Crippen molar-refractivity contribution in [3.63, 3.8) is 0 Å². The normalized spacial score (nSPS) is 11.5. The molecule has 0 aliphatic rings. The molecule has 1 amide bonds. The summed E-state index contributed by atoms with van der Waals surface area (Å²) in [7, 11) is 0. The van der Waals surface area contributed by atoms with Gasteiger partial charge in [-0.3, -0.25) is 9.59 Å². The molecule has 6 heteroatoms. The van der Waals surface area contributed by atoms with Crippen LogP contribution >= 0.6 is 11.6 Å². The van der Waals surface area contributed by atoms with Gasteiger partial charge < -0.3 is 10.1 Å². The number of benzene rings is 3. The molecule has 0 fully saturated rings. The van der Waals surface area contributed by atoms with Crippen molar-refractivity contribution in [2.24, 2.45) is 0 Å². The maximum Gasteiger partial charge on any atom is 0.265 e. The maximum atomic E-state index is 13.1. The Kier molecular flexibility index (Phi) is 6.06. The highest BCUT2D eigenvalue weighted by molar-refractivity contribution is 6.33. The van der Waals surface area contributed by atoms with E-state index < -0.39 is 17.8 Å². The molecule has 0 saturated heterocycles. The van der Waals surface area contributed by atoms with Crippen molar-refractivity contribution < 1.29 is 18.7 Å². The highest BCUT2D eigenvalue weighted by atomic mass is 35.5. The molecule has 0 aliphatic carbocycles. The molecule has 0 aliphatic heterocycles. The fraction of sp³-hybridized carbons (Fsp3) is 0.0909. The summed E-state index contributed by atoms with van der Waals surface area (Å²) in [4.78, 5) is 24.7. The van der Waals surface area contributed by atoms with Gasteiger partial charge in [0.1, 0.15) is 11.6 Å². The summed E-state index contributed by atoms with van der Waals surface area (Å²) in [6.07, 6.45) is -0.822. The Morgan fingerprint density at radius 2 is 1.61 bits per heavy atom. The standard InChI is InChI=1S/C22H17ClFNO3/c1-14(22(27)25-20-12-9-17(24)13-19(20)23)28-18-10-7-16(8-11-18)21(26)15-5-3-2-4-6-15/h2-14H,1H3,(H,25,27)/t14-/m0/s1. The Labute approximate surface area is 166 Å². The first-order chi connectivity index (χ1) is 13.4. The van der Waals surface area contributed by atoms with Crippen LogP contribution in [-0.4, -0.2) is 17.8 Å². The van der Waals surface area contributed by atoms with Crippen molar-refractivity contribution >= 4 is 29.0 Å². The molecule has 3 rings (SSSR count). The van der Waals surface area contributed by atoms with Gasteiger partial charge in [-0.1, -0.05) is 41.9 Å². The zero-order chi connectivity index (χ0) is 20.1. The van der Waals surface area contributed by atoms with Crippen LogP contribution in [-0.2, 0) is 4.79 Å². The summed E-state index contributed by atoms with van der Waals surface area (Å²) in [5.74, 6) is -0.572. The molecule has 1 atom stereocenters. The number of rotatable bonds is 6. The summed E-state index contributed by atoms with van der Waals surface area (Å²) in [6, 6.07) is 19.2. The number of ether oxygens (including phenoxy) is 1. The fourth-order valence-electron chi connectivity index (χ4n) is 2.52. The Bertz CT molecular complexity index is 990. The number of halogens is 2. The van der Waals surface area contributed by atoms with Crippen molar-refractivity contribution in [3.8, 4) is 5.75 Å². The third-order valence-electron chi connectivity index (χ3n) is 4.02. The lowest BCUT2D eigenvalue weighted by atomic mass is 10.0. The van der Waals surface area contributed by atoms with Crippen molar-refractivity contribution in [1.29, 1.82) is 0 Å². The van der Waals surface area contributed by atoms with E-state index in [0.29, 0.717) is 22.6 Å². The molecular formula is C22H17ClFNO3. The van der Waals surface area contributed by atoms with E-state index in [4.69, 9.17) is 16.3 Å². The van der Waals surface area contributed by atoms with Crippen LogP contribution in [0.2, 0.25) is 5.02 Å². The minimum absolute atomic E-state index is 0.0936. The number of nitrogens with one attached hydrogen (secondary N) is 1. The molecule has 4 nitrogen and oxygen atoms in total. The van der Waals surface area contributed by atoms with Gasteiger partial charge in [0.05, 0.1) is 10.7 Å². The van der Waals surface area contributed by atoms with Crippen molar-refractivity contribution in [2.45, 2.75) is 13.0 Å². The molecule has 0 aromatic heterocycles. The molecule has 28 heavy (non-hydrogen) atoms. The zero-order valence-corrected chi connectivity index (χ0v) is 15.7. The summed E-state index contributed by atoms with van der Waals surface area (Å²) in [5.41, 5.74) is 1.42. The van der Waals surface area contributed by atoms with Crippen LogP contribution in [0.4, 0.5) is 10.1 Å². The molecule has 0 spiro atoms. The molecule has 0 heterocycles. The molecule has 1 N–H and O–H groups in total. The second kappa shape index (κ2) is 8.67. The fourth-order valence-corrected chi connectivity index (χ4v) is 2.74. The molecule has 0 radical (unpaired) electrons. The van der Waals surface area contributed by atoms with Gasteiger partial charge in [-0.2, -0.15) is 0 Å². The van der Waals surface area contributed by atoms with E-state index in [1.54, 1.807) is 55.5 Å². The summed E-state index contributed by atoms with van der Waals surface area (Å²) in [5, 5.41) is 2.69. The smallest absolute Gasteiger partial charge is 0.265 e. The number of ketones is 1. The average molecular weight is 398 g/mol. The molecule has 3 aromatic rings. The third-order valence-corrected chi connectivity index (χ3v) is 4.34. The first-order valence-electron chi connectivity index (χ1n) is 8.56. The quantitative estimate of drug-likeness (QED) is 0.587. The number of carbonyl (C=O) groups excluding carboxylic acids is 2. The minimum atomic E-state index is -0.822. The zero-order valence-electron chi connectivity index (χ0n) is 15.0. The number of anilines is 1. The van der Waals surface area contributed by atoms with Crippen LogP contribution in [0.5, 0.6) is 5.75 Å². The van der Waals surface area contributed by atoms with Gasteiger partial charge in [-0.05, 0) is 49.4 Å². The summed E-state index contributed by atoms with van der Waals surface area (Å²) >= 11 is 5.91. The van der Waals surface area contributed by atoms with E-state index in [1.165, 1.54) is 12.1 Å². The monoisotopic (exact) mass is 397 g/mol. The molecule has 0 unspecified atom stereocenters. The SMILES string of the molecule is C[C@H](Oc1ccc(C(=O)c2ccccc2)cc1)C(=O)Nc1ccc(F)cc1Cl. The number of hydrogen-bond donors (Lipinski definition) is 1. The Balaban J connectivity index is 1.63. The molecule has 0 saturated carbocycles. The Morgan fingerprint density at radius 1 is 0.964 bits per heavy atom. The van der Waals surface area contributed by atoms with Crippen LogP contribution < -0.4 is 10.1 Å². The van der Waals surface area contributed by atoms with Crippen LogP contribution in [0.15, 0.2) is 72.8 Å². The molecule has 142 valence electrons. The van der Waals surface area contributed by atoms with Gasteiger partial charge in [0, 0.05) is 11.1 Å². The summed E-state index contributed by atoms with van der Waals surface area (Å²) in [6.45, 7) is 1.58. The van der Waals surface area contributed by atoms with Gasteiger partial charge in [-0.25, -0.2) is 4.39 Å². The predicted molar refractivity (Wildman–Crippen MR) is 106 cm³/mol. The van der Waals surface area contributed by atoms with Crippen molar-refractivity contribution in [3.05, 3.63) is 94.8 Å². The topological polar surface area (TPSA) is 55.4 Å². The van der Waals surface area contributed by atoms with Crippen LogP contribution in [0, 0.1) is 5.82 Å². The highest BCUT2D eigenvalue weighted by Gasteiger charge is 2.17. The Hall–Kier alpha value is -3.18. The van der Waals surface area contributed by atoms with Gasteiger partial charge in [0.15, 0.2) is 11.9 Å². The van der Waals surface area contributed by atoms with E-state index in [0.717, 1.165) is 6.07 Å². The molecular weight excluding hydrogens is 381 g/mol. The van der Waals surface area contributed by atoms with Gasteiger partial charge in [0.2, 0.25) is 0 Å². The second-order valence-corrected chi connectivity index (χ2v) is 6.50. The van der Waals surface area contributed by atoms with E-state index in [-0.39, 0.29) is 10.8 Å². The minimum Gasteiger partial charge on any atom is -0.481 e. The lowest BCUT2D eigenvalue weighted by Crippen LogP contribution is -2.30. The highest BCUT2D eigenvalue weighted by Crippen LogP contribution is 2.23. The molecule has 3 aromatic carbocycles. The van der Waals surface area contributed by atoms with E-state index in [1.807, 2.05) is 6.07 Å². The van der Waals surface area contributed by atoms with Crippen LogP contribution in [0.3, 0.4) is 0 Å². The number of amides is 1. The maximum absolute atomic E-state index is 13.1. The van der Waals surface area contributed by atoms with E-state index in [9.17, 15) is 14.0 Å². The number of carbonyl (C=O) groups is 2. The van der Waals surface area contributed by atoms with Gasteiger partial charge in [-0.15, -0.1) is 0 Å². The van der Waals surface area contributed by atoms with Gasteiger partial charge >= 0.3 is 0 Å². The number of hydrogen-bond acceptors (Lipinski definition) is 3. The lowest BCUT2D eigenvalue weighted by Gasteiger charge is -2.15. The lowest BCUT2D eigenvalue weighted by molar-refractivity contribution is -0.122. The van der Waals surface area contributed by atoms with Crippen molar-refractivity contribution in [2.75, 3.05) is 5.32 Å². The van der Waals surface area contributed by atoms with E-state index >= 15 is 0 Å². The van der Waals surface area contributed by atoms with Crippen LogP contribution in [0.1, 0.15) is 22.8 Å². The second-order valence-electron chi connectivity index (χ2n) is 6.09. The first kappa shape index (κ1) is 19.6. The first-order valence-corrected chi connectivity index (χ1v) is 8.94. The van der Waals surface area contributed by atoms with Crippen LogP contribution in [0.25, 0.3) is 0 Å². The van der Waals surface area contributed by atoms with Gasteiger partial charge in [0.25, 0.3) is 5.91 Å². The largest absolute Gasteiger partial charge is 0.481 e. The average Bonchev–Trinajstić information content (AvgIpc) is 2.70. The summed E-state index contributed by atoms with van der Waals surface area (Å²) < 4.78 is 18.7. The van der Waals surface area contributed by atoms with Crippen molar-refractivity contribution in [1.82, 2.24) is 0 Å². The molecule has 0 bridgehead atoms. The van der Waals surface area contributed by atoms with E-state index in [2.05, 4.69) is 5.32 Å². The predicted octanol–water partition coefficient (Wildman–Crippen LogP) is 5.12.